The van der Waals surface area contributed by atoms with E-state index in [2.05, 4.69) is 30.9 Å². The number of hydrogen-bond acceptors (Lipinski definition) is 6. The number of hydrogen-bond donors (Lipinski definition) is 3. The van der Waals surface area contributed by atoms with Crippen LogP contribution in [0.15, 0.2) is 47.7 Å². The quantitative estimate of drug-likeness (QED) is 0.319. The lowest BCUT2D eigenvalue weighted by Crippen LogP contribution is -2.23. The second-order valence-corrected chi connectivity index (χ2v) is 10.9. The van der Waals surface area contributed by atoms with Crippen molar-refractivity contribution in [3.8, 4) is 11.1 Å². The van der Waals surface area contributed by atoms with E-state index in [-0.39, 0.29) is 16.8 Å². The van der Waals surface area contributed by atoms with Gasteiger partial charge in [-0.15, -0.1) is 0 Å². The molecule has 0 fully saturated rings. The van der Waals surface area contributed by atoms with Gasteiger partial charge in [0.1, 0.15) is 11.6 Å². The summed E-state index contributed by atoms with van der Waals surface area (Å²) in [4.78, 5) is 32.6. The molecule has 11 heteroatoms. The SMILES string of the molecule is Cc1cc(F)c(NC(=O)Nc2cnn(C(C)(C)C)c2)cc1-c1cc2cnc(NCCN(C)C)cc2n(C)c1=O. The molecule has 4 aromatic rings. The number of amides is 2. The number of nitrogens with zero attached hydrogens (tertiary/aromatic N) is 5. The van der Waals surface area contributed by atoms with Crippen molar-refractivity contribution in [3.05, 3.63) is 64.6 Å². The maximum Gasteiger partial charge on any atom is 0.323 e. The van der Waals surface area contributed by atoms with Crippen molar-refractivity contribution in [1.82, 2.24) is 24.2 Å². The van der Waals surface area contributed by atoms with Crippen molar-refractivity contribution in [1.29, 1.82) is 0 Å². The van der Waals surface area contributed by atoms with E-state index in [0.29, 0.717) is 34.7 Å². The third kappa shape index (κ3) is 6.26. The van der Waals surface area contributed by atoms with Gasteiger partial charge in [0.25, 0.3) is 5.56 Å². The van der Waals surface area contributed by atoms with Gasteiger partial charge in [-0.05, 0) is 71.1 Å². The van der Waals surface area contributed by atoms with Crippen molar-refractivity contribution >= 4 is 34.1 Å². The van der Waals surface area contributed by atoms with Crippen LogP contribution in [0.1, 0.15) is 26.3 Å². The zero-order valence-electron chi connectivity index (χ0n) is 23.4. The lowest BCUT2D eigenvalue weighted by Gasteiger charge is -2.18. The Labute approximate surface area is 226 Å². The van der Waals surface area contributed by atoms with Gasteiger partial charge in [-0.25, -0.2) is 14.2 Å². The van der Waals surface area contributed by atoms with Gasteiger partial charge in [0.05, 0.1) is 28.6 Å². The number of aryl methyl sites for hydroxylation is 2. The van der Waals surface area contributed by atoms with E-state index in [9.17, 15) is 14.0 Å². The van der Waals surface area contributed by atoms with Gasteiger partial charge in [0, 0.05) is 49.5 Å². The Morgan fingerprint density at radius 1 is 1.08 bits per heavy atom. The molecule has 2 amide bonds. The van der Waals surface area contributed by atoms with Crippen LogP contribution in [0, 0.1) is 12.7 Å². The number of pyridine rings is 2. The molecule has 206 valence electrons. The van der Waals surface area contributed by atoms with Crippen LogP contribution in [0.3, 0.4) is 0 Å². The number of halogens is 1. The normalized spacial score (nSPS) is 11.7. The minimum absolute atomic E-state index is 0.0444. The Morgan fingerprint density at radius 3 is 2.49 bits per heavy atom. The molecule has 0 aliphatic heterocycles. The highest BCUT2D eigenvalue weighted by molar-refractivity contribution is 6.00. The summed E-state index contributed by atoms with van der Waals surface area (Å²) in [5.74, 6) is 0.0695. The van der Waals surface area contributed by atoms with Crippen molar-refractivity contribution < 1.29 is 9.18 Å². The van der Waals surface area contributed by atoms with E-state index < -0.39 is 11.8 Å². The third-order valence-corrected chi connectivity index (χ3v) is 6.35. The topological polar surface area (TPSA) is 109 Å². The van der Waals surface area contributed by atoms with E-state index in [1.807, 2.05) is 40.9 Å². The minimum atomic E-state index is -0.623. The monoisotopic (exact) mass is 534 g/mol. The first-order chi connectivity index (χ1) is 18.3. The predicted octanol–water partition coefficient (Wildman–Crippen LogP) is 4.62. The predicted molar refractivity (Wildman–Crippen MR) is 154 cm³/mol. The molecule has 0 saturated heterocycles. The number of carbonyl (C=O) groups excluding carboxylic acids is 1. The molecule has 0 atom stereocenters. The number of fused-ring (bicyclic) bond motifs is 1. The van der Waals surface area contributed by atoms with Crippen LogP contribution < -0.4 is 21.5 Å². The molecule has 0 saturated carbocycles. The number of urea groups is 1. The summed E-state index contributed by atoms with van der Waals surface area (Å²) in [6.45, 7) is 9.25. The van der Waals surface area contributed by atoms with E-state index in [1.54, 1.807) is 41.7 Å². The molecule has 0 bridgehead atoms. The molecule has 0 aliphatic rings. The Balaban J connectivity index is 1.62. The molecular formula is C28H35FN8O2. The van der Waals surface area contributed by atoms with Gasteiger partial charge in [0.15, 0.2) is 0 Å². The molecule has 3 heterocycles. The zero-order chi connectivity index (χ0) is 28.5. The highest BCUT2D eigenvalue weighted by Crippen LogP contribution is 2.29. The van der Waals surface area contributed by atoms with E-state index in [0.717, 1.165) is 17.4 Å². The van der Waals surface area contributed by atoms with Crippen molar-refractivity contribution in [3.63, 3.8) is 0 Å². The minimum Gasteiger partial charge on any atom is -0.369 e. The first kappa shape index (κ1) is 27.8. The first-order valence-corrected chi connectivity index (χ1v) is 12.7. The number of aromatic nitrogens is 4. The maximum atomic E-state index is 14.9. The number of anilines is 3. The van der Waals surface area contributed by atoms with Crippen LogP contribution in [-0.4, -0.2) is 57.4 Å². The summed E-state index contributed by atoms with van der Waals surface area (Å²) in [5.41, 5.74) is 2.12. The summed E-state index contributed by atoms with van der Waals surface area (Å²) in [7, 11) is 5.68. The maximum absolute atomic E-state index is 14.9. The van der Waals surface area contributed by atoms with Crippen LogP contribution >= 0.6 is 0 Å². The van der Waals surface area contributed by atoms with Gasteiger partial charge in [-0.1, -0.05) is 0 Å². The molecule has 0 spiro atoms. The molecule has 39 heavy (non-hydrogen) atoms. The Bertz CT molecular complexity index is 1580. The third-order valence-electron chi connectivity index (χ3n) is 6.35. The van der Waals surface area contributed by atoms with Crippen molar-refractivity contribution in [2.45, 2.75) is 33.2 Å². The molecule has 0 aliphatic carbocycles. The molecule has 1 aromatic carbocycles. The van der Waals surface area contributed by atoms with Gasteiger partial charge >= 0.3 is 6.03 Å². The van der Waals surface area contributed by atoms with Gasteiger partial charge in [-0.3, -0.25) is 9.48 Å². The fraction of sp³-hybridized carbons (Fsp3) is 0.357. The number of rotatable bonds is 7. The fourth-order valence-electron chi connectivity index (χ4n) is 4.16. The average Bonchev–Trinajstić information content (AvgIpc) is 3.32. The first-order valence-electron chi connectivity index (χ1n) is 12.7. The zero-order valence-corrected chi connectivity index (χ0v) is 23.4. The van der Waals surface area contributed by atoms with Crippen LogP contribution in [0.2, 0.25) is 0 Å². The van der Waals surface area contributed by atoms with Gasteiger partial charge in [0.2, 0.25) is 0 Å². The smallest absolute Gasteiger partial charge is 0.323 e. The molecule has 4 rings (SSSR count). The molecule has 3 N–H and O–H groups in total. The number of carbonyl (C=O) groups is 1. The second kappa shape index (κ2) is 10.9. The average molecular weight is 535 g/mol. The largest absolute Gasteiger partial charge is 0.369 e. The fourth-order valence-corrected chi connectivity index (χ4v) is 4.16. The second-order valence-electron chi connectivity index (χ2n) is 10.9. The van der Waals surface area contributed by atoms with Crippen LogP contribution in [0.4, 0.5) is 26.4 Å². The Kier molecular flexibility index (Phi) is 7.73. The number of likely N-dealkylation sites (N-methyl/N-ethyl adjacent to an activating group) is 1. The summed E-state index contributed by atoms with van der Waals surface area (Å²) >= 11 is 0. The molecule has 10 nitrogen and oxygen atoms in total. The number of benzene rings is 1. The Hall–Kier alpha value is -4.25. The standard InChI is InChI=1S/C28H35FN8O2/c1-17-10-22(29)23(34-27(39)33-19-15-32-37(16-19)28(2,3)4)12-20(17)21-11-18-14-31-25(30-8-9-35(5)6)13-24(18)36(7)26(21)38/h10-16H,8-9H2,1-7H3,(H,30,31)(H2,33,34,39). The summed E-state index contributed by atoms with van der Waals surface area (Å²) in [5, 5.41) is 13.5. The summed E-state index contributed by atoms with van der Waals surface area (Å²) < 4.78 is 18.1. The lowest BCUT2D eigenvalue weighted by molar-refractivity contribution is 0.262. The van der Waals surface area contributed by atoms with Gasteiger partial charge in [-0.2, -0.15) is 5.10 Å². The van der Waals surface area contributed by atoms with E-state index in [1.165, 1.54) is 18.3 Å². The van der Waals surface area contributed by atoms with Crippen molar-refractivity contribution in [2.75, 3.05) is 43.1 Å². The molecule has 0 unspecified atom stereocenters. The van der Waals surface area contributed by atoms with Crippen LogP contribution in [0.25, 0.3) is 22.0 Å². The highest BCUT2D eigenvalue weighted by atomic mass is 19.1. The number of nitrogens with one attached hydrogen (secondary N) is 3. The van der Waals surface area contributed by atoms with E-state index >= 15 is 0 Å². The van der Waals surface area contributed by atoms with Crippen LogP contribution in [-0.2, 0) is 12.6 Å². The van der Waals surface area contributed by atoms with Crippen LogP contribution in [0.5, 0.6) is 0 Å². The highest BCUT2D eigenvalue weighted by Gasteiger charge is 2.18. The summed E-state index contributed by atoms with van der Waals surface area (Å²) in [6.07, 6.45) is 4.93. The van der Waals surface area contributed by atoms with Gasteiger partial charge < -0.3 is 25.4 Å². The summed E-state index contributed by atoms with van der Waals surface area (Å²) in [6, 6.07) is 5.76. The van der Waals surface area contributed by atoms with Crippen molar-refractivity contribution in [2.24, 2.45) is 7.05 Å². The Morgan fingerprint density at radius 2 is 1.82 bits per heavy atom. The lowest BCUT2D eigenvalue weighted by atomic mass is 9.99. The van der Waals surface area contributed by atoms with E-state index in [4.69, 9.17) is 0 Å². The molecule has 3 aromatic heterocycles. The molecular weight excluding hydrogens is 499 g/mol. The molecule has 0 radical (unpaired) electrons.